The van der Waals surface area contributed by atoms with Crippen molar-refractivity contribution in [1.82, 2.24) is 9.97 Å². The van der Waals surface area contributed by atoms with Crippen molar-refractivity contribution in [3.05, 3.63) is 10.9 Å². The maximum Gasteiger partial charge on any atom is 0.225 e. The van der Waals surface area contributed by atoms with Gasteiger partial charge in [0.2, 0.25) is 5.95 Å². The number of hydrogen-bond donors (Lipinski definition) is 2. The summed E-state index contributed by atoms with van der Waals surface area (Å²) in [6, 6.07) is 2.18. The molecule has 2 aromatic heterocycles. The Morgan fingerprint density at radius 3 is 2.76 bits per heavy atom. The van der Waals surface area contributed by atoms with Gasteiger partial charge < -0.3 is 10.6 Å². The minimum absolute atomic E-state index is 0.688. The van der Waals surface area contributed by atoms with Crippen LogP contribution in [-0.2, 0) is 0 Å². The Hall–Kier alpha value is -1.36. The van der Waals surface area contributed by atoms with E-state index < -0.39 is 0 Å². The first kappa shape index (κ1) is 16.0. The fourth-order valence-corrected chi connectivity index (χ4v) is 3.35. The second kappa shape index (κ2) is 7.59. The van der Waals surface area contributed by atoms with Crippen LogP contribution in [0.1, 0.15) is 44.4 Å². The lowest BCUT2D eigenvalue weighted by molar-refractivity contribution is 0.472. The third kappa shape index (κ3) is 4.06. The van der Waals surface area contributed by atoms with E-state index in [0.717, 1.165) is 22.6 Å². The number of thiophene rings is 1. The van der Waals surface area contributed by atoms with E-state index in [1.165, 1.54) is 30.6 Å². The Morgan fingerprint density at radius 2 is 2.10 bits per heavy atom. The van der Waals surface area contributed by atoms with Gasteiger partial charge in [0.05, 0.1) is 5.39 Å². The standard InChI is InChI=1S/C16H26N4S/c1-5-7-8-12(6-2)10-18-14-13-9-11(3)21-15(13)20-16(17-4)19-14/h9,12H,5-8,10H2,1-4H3,(H2,17,18,19,20). The molecule has 1 atom stereocenters. The maximum absolute atomic E-state index is 4.59. The summed E-state index contributed by atoms with van der Waals surface area (Å²) in [5.74, 6) is 2.37. The lowest BCUT2D eigenvalue weighted by Gasteiger charge is -2.16. The lowest BCUT2D eigenvalue weighted by atomic mass is 9.99. The fraction of sp³-hybridized carbons (Fsp3) is 0.625. The highest BCUT2D eigenvalue weighted by atomic mass is 32.1. The molecule has 0 bridgehead atoms. The molecular weight excluding hydrogens is 280 g/mol. The first-order valence-corrected chi connectivity index (χ1v) is 8.69. The van der Waals surface area contributed by atoms with E-state index in [9.17, 15) is 0 Å². The van der Waals surface area contributed by atoms with Gasteiger partial charge in [0.1, 0.15) is 10.6 Å². The van der Waals surface area contributed by atoms with Crippen molar-refractivity contribution in [2.24, 2.45) is 5.92 Å². The van der Waals surface area contributed by atoms with Crippen LogP contribution in [0, 0.1) is 12.8 Å². The number of nitrogens with zero attached hydrogens (tertiary/aromatic N) is 2. The van der Waals surface area contributed by atoms with Gasteiger partial charge in [-0.15, -0.1) is 11.3 Å². The van der Waals surface area contributed by atoms with Gasteiger partial charge in [0, 0.05) is 18.5 Å². The number of unbranched alkanes of at least 4 members (excludes halogenated alkanes) is 1. The monoisotopic (exact) mass is 306 g/mol. The van der Waals surface area contributed by atoms with Crippen molar-refractivity contribution in [1.29, 1.82) is 0 Å². The van der Waals surface area contributed by atoms with Gasteiger partial charge in [0.25, 0.3) is 0 Å². The average Bonchev–Trinajstić information content (AvgIpc) is 2.87. The zero-order valence-electron chi connectivity index (χ0n) is 13.5. The Balaban J connectivity index is 2.16. The molecule has 0 fully saturated rings. The molecule has 21 heavy (non-hydrogen) atoms. The van der Waals surface area contributed by atoms with E-state index in [2.05, 4.69) is 47.4 Å². The van der Waals surface area contributed by atoms with Crippen molar-refractivity contribution < 1.29 is 0 Å². The minimum Gasteiger partial charge on any atom is -0.369 e. The van der Waals surface area contributed by atoms with E-state index >= 15 is 0 Å². The molecule has 2 N–H and O–H groups in total. The van der Waals surface area contributed by atoms with Crippen LogP contribution in [0.3, 0.4) is 0 Å². The Kier molecular flexibility index (Phi) is 5.79. The molecule has 2 rings (SSSR count). The van der Waals surface area contributed by atoms with E-state index in [-0.39, 0.29) is 0 Å². The van der Waals surface area contributed by atoms with E-state index in [4.69, 9.17) is 0 Å². The first-order chi connectivity index (χ1) is 10.2. The second-order valence-electron chi connectivity index (χ2n) is 5.52. The summed E-state index contributed by atoms with van der Waals surface area (Å²) in [6.45, 7) is 7.62. The van der Waals surface area contributed by atoms with Gasteiger partial charge in [-0.25, -0.2) is 4.98 Å². The summed E-state index contributed by atoms with van der Waals surface area (Å²) in [5.41, 5.74) is 0. The van der Waals surface area contributed by atoms with Gasteiger partial charge in [-0.2, -0.15) is 4.98 Å². The van der Waals surface area contributed by atoms with Crippen molar-refractivity contribution in [3.63, 3.8) is 0 Å². The molecule has 0 radical (unpaired) electrons. The highest BCUT2D eigenvalue weighted by molar-refractivity contribution is 7.18. The van der Waals surface area contributed by atoms with Crippen molar-refractivity contribution in [3.8, 4) is 0 Å². The summed E-state index contributed by atoms with van der Waals surface area (Å²) in [4.78, 5) is 11.4. The normalized spacial score (nSPS) is 12.6. The summed E-state index contributed by atoms with van der Waals surface area (Å²) >= 11 is 1.72. The second-order valence-corrected chi connectivity index (χ2v) is 6.75. The molecule has 2 aromatic rings. The van der Waals surface area contributed by atoms with Crippen LogP contribution in [0.4, 0.5) is 11.8 Å². The highest BCUT2D eigenvalue weighted by Gasteiger charge is 2.12. The molecule has 5 heteroatoms. The quantitative estimate of drug-likeness (QED) is 0.744. The van der Waals surface area contributed by atoms with Gasteiger partial charge in [0.15, 0.2) is 0 Å². The Morgan fingerprint density at radius 1 is 1.29 bits per heavy atom. The maximum atomic E-state index is 4.59. The summed E-state index contributed by atoms with van der Waals surface area (Å²) in [5, 5.41) is 7.74. The molecule has 2 heterocycles. The van der Waals surface area contributed by atoms with Crippen LogP contribution >= 0.6 is 11.3 Å². The number of aromatic nitrogens is 2. The molecule has 0 saturated heterocycles. The van der Waals surface area contributed by atoms with Gasteiger partial charge in [-0.1, -0.05) is 33.1 Å². The smallest absolute Gasteiger partial charge is 0.225 e. The predicted octanol–water partition coefficient (Wildman–Crippen LogP) is 4.67. The minimum atomic E-state index is 0.688. The first-order valence-electron chi connectivity index (χ1n) is 7.87. The number of hydrogen-bond acceptors (Lipinski definition) is 5. The van der Waals surface area contributed by atoms with Crippen LogP contribution in [0.5, 0.6) is 0 Å². The number of nitrogens with one attached hydrogen (secondary N) is 2. The largest absolute Gasteiger partial charge is 0.369 e. The third-order valence-electron chi connectivity index (χ3n) is 3.84. The Bertz CT molecular complexity index is 579. The molecule has 0 saturated carbocycles. The molecular formula is C16H26N4S. The summed E-state index contributed by atoms with van der Waals surface area (Å²) in [7, 11) is 1.86. The number of fused-ring (bicyclic) bond motifs is 1. The molecule has 0 aliphatic heterocycles. The molecule has 0 spiro atoms. The SMILES string of the molecule is CCCCC(CC)CNc1nc(NC)nc2sc(C)cc12. The lowest BCUT2D eigenvalue weighted by Crippen LogP contribution is -2.15. The van der Waals surface area contributed by atoms with Crippen LogP contribution in [0.15, 0.2) is 6.07 Å². The molecule has 0 amide bonds. The number of anilines is 2. The van der Waals surface area contributed by atoms with Gasteiger partial charge >= 0.3 is 0 Å². The zero-order chi connectivity index (χ0) is 15.2. The number of rotatable bonds is 8. The van der Waals surface area contributed by atoms with E-state index in [1.54, 1.807) is 11.3 Å². The molecule has 0 aliphatic rings. The third-order valence-corrected chi connectivity index (χ3v) is 4.79. The van der Waals surface area contributed by atoms with Crippen molar-refractivity contribution in [2.45, 2.75) is 46.5 Å². The molecule has 1 unspecified atom stereocenters. The fourth-order valence-electron chi connectivity index (χ4n) is 2.47. The van der Waals surface area contributed by atoms with E-state index in [1.807, 2.05) is 7.05 Å². The summed E-state index contributed by atoms with van der Waals surface area (Å²) < 4.78 is 0. The Labute approximate surface area is 131 Å². The molecule has 4 nitrogen and oxygen atoms in total. The van der Waals surface area contributed by atoms with Crippen molar-refractivity contribution in [2.75, 3.05) is 24.2 Å². The van der Waals surface area contributed by atoms with Crippen LogP contribution in [-0.4, -0.2) is 23.6 Å². The topological polar surface area (TPSA) is 49.8 Å². The molecule has 0 aliphatic carbocycles. The summed E-state index contributed by atoms with van der Waals surface area (Å²) in [6.07, 6.45) is 5.07. The predicted molar refractivity (Wildman–Crippen MR) is 93.5 cm³/mol. The molecule has 116 valence electrons. The van der Waals surface area contributed by atoms with Crippen molar-refractivity contribution >= 4 is 33.3 Å². The van der Waals surface area contributed by atoms with Crippen LogP contribution in [0.2, 0.25) is 0 Å². The zero-order valence-corrected chi connectivity index (χ0v) is 14.3. The average molecular weight is 306 g/mol. The highest BCUT2D eigenvalue weighted by Crippen LogP contribution is 2.29. The van der Waals surface area contributed by atoms with Gasteiger partial charge in [-0.05, 0) is 25.3 Å². The van der Waals surface area contributed by atoms with Crippen LogP contribution < -0.4 is 10.6 Å². The number of aryl methyl sites for hydroxylation is 1. The van der Waals surface area contributed by atoms with Crippen LogP contribution in [0.25, 0.3) is 10.2 Å². The van der Waals surface area contributed by atoms with E-state index in [0.29, 0.717) is 11.9 Å². The van der Waals surface area contributed by atoms with Gasteiger partial charge in [-0.3, -0.25) is 0 Å². The molecule has 0 aromatic carbocycles.